The van der Waals surface area contributed by atoms with E-state index in [-0.39, 0.29) is 24.5 Å². The van der Waals surface area contributed by atoms with Crippen molar-refractivity contribution in [1.29, 1.82) is 0 Å². The SMILES string of the molecule is CC(=O)N[C@@H](CCCCN(Cc1ccccc1)C(=O)NCN=O)C(=O)NCc1ccccc1. The lowest BCUT2D eigenvalue weighted by Gasteiger charge is -2.23. The highest BCUT2D eigenvalue weighted by molar-refractivity contribution is 5.86. The molecule has 3 N–H and O–H groups in total. The van der Waals surface area contributed by atoms with Crippen LogP contribution in [0.3, 0.4) is 0 Å². The Morgan fingerprint density at radius 1 is 0.909 bits per heavy atom. The van der Waals surface area contributed by atoms with Gasteiger partial charge in [0.15, 0.2) is 6.67 Å². The summed E-state index contributed by atoms with van der Waals surface area (Å²) in [4.78, 5) is 48.6. The van der Waals surface area contributed by atoms with Crippen molar-refractivity contribution >= 4 is 17.8 Å². The molecule has 0 aliphatic rings. The molecule has 9 heteroatoms. The number of nitrogens with one attached hydrogen (secondary N) is 3. The molecule has 0 saturated carbocycles. The number of nitrogens with zero attached hydrogens (tertiary/aromatic N) is 2. The lowest BCUT2D eigenvalue weighted by Crippen LogP contribution is -2.46. The van der Waals surface area contributed by atoms with Crippen LogP contribution < -0.4 is 16.0 Å². The monoisotopic (exact) mass is 453 g/mol. The zero-order chi connectivity index (χ0) is 23.9. The quantitative estimate of drug-likeness (QED) is 0.319. The highest BCUT2D eigenvalue weighted by atomic mass is 16.3. The fourth-order valence-electron chi connectivity index (χ4n) is 3.34. The van der Waals surface area contributed by atoms with E-state index < -0.39 is 6.04 Å². The van der Waals surface area contributed by atoms with Gasteiger partial charge in [0, 0.05) is 26.6 Å². The predicted octanol–water partition coefficient (Wildman–Crippen LogP) is 2.91. The van der Waals surface area contributed by atoms with E-state index in [2.05, 4.69) is 21.1 Å². The minimum atomic E-state index is -0.651. The molecular formula is C24H31N5O4. The van der Waals surface area contributed by atoms with Gasteiger partial charge in [0.25, 0.3) is 0 Å². The van der Waals surface area contributed by atoms with Crippen molar-refractivity contribution in [3.8, 4) is 0 Å². The Balaban J connectivity index is 1.88. The molecule has 2 aromatic rings. The molecule has 33 heavy (non-hydrogen) atoms. The van der Waals surface area contributed by atoms with Gasteiger partial charge in [-0.1, -0.05) is 60.7 Å². The number of rotatable bonds is 13. The summed E-state index contributed by atoms with van der Waals surface area (Å²) < 4.78 is 0. The molecule has 4 amide bonds. The van der Waals surface area contributed by atoms with E-state index in [0.29, 0.717) is 38.9 Å². The smallest absolute Gasteiger partial charge is 0.319 e. The summed E-state index contributed by atoms with van der Waals surface area (Å²) in [5.41, 5.74) is 1.93. The molecule has 176 valence electrons. The first-order valence-corrected chi connectivity index (χ1v) is 10.9. The molecule has 0 unspecified atom stereocenters. The molecule has 2 aromatic carbocycles. The average Bonchev–Trinajstić information content (AvgIpc) is 2.83. The summed E-state index contributed by atoms with van der Waals surface area (Å²) >= 11 is 0. The highest BCUT2D eigenvalue weighted by Gasteiger charge is 2.19. The van der Waals surface area contributed by atoms with Gasteiger partial charge in [-0.3, -0.25) is 9.59 Å². The molecule has 0 heterocycles. The van der Waals surface area contributed by atoms with Crippen molar-refractivity contribution in [2.45, 2.75) is 45.3 Å². The number of benzene rings is 2. The van der Waals surface area contributed by atoms with Crippen LogP contribution in [0.15, 0.2) is 65.8 Å². The summed E-state index contributed by atoms with van der Waals surface area (Å²) in [6, 6.07) is 18.0. The van der Waals surface area contributed by atoms with E-state index >= 15 is 0 Å². The van der Waals surface area contributed by atoms with Crippen LogP contribution in [0.25, 0.3) is 0 Å². The Hall–Kier alpha value is -3.75. The van der Waals surface area contributed by atoms with Gasteiger partial charge in [-0.05, 0) is 35.6 Å². The van der Waals surface area contributed by atoms with Crippen LogP contribution in [-0.2, 0) is 22.7 Å². The van der Waals surface area contributed by atoms with E-state index in [0.717, 1.165) is 11.1 Å². The zero-order valence-corrected chi connectivity index (χ0v) is 18.8. The molecule has 0 saturated heterocycles. The normalized spacial score (nSPS) is 11.2. The summed E-state index contributed by atoms with van der Waals surface area (Å²) in [5, 5.41) is 10.7. The minimum absolute atomic E-state index is 0.245. The maximum Gasteiger partial charge on any atom is 0.319 e. The molecule has 1 atom stereocenters. The number of hydrogen-bond acceptors (Lipinski definition) is 5. The molecular weight excluding hydrogens is 422 g/mol. The fourth-order valence-corrected chi connectivity index (χ4v) is 3.34. The van der Waals surface area contributed by atoms with Crippen LogP contribution in [0.1, 0.15) is 37.3 Å². The standard InChI is InChI=1S/C24H31N5O4/c1-19(30)28-22(23(31)25-16-20-10-4-2-5-11-20)14-8-9-15-29(24(32)26-18-27-33)17-21-12-6-3-7-13-21/h2-7,10-13,22H,8-9,14-18H2,1H3,(H,25,31)(H,26,32)(H,28,30)/t22-/m0/s1. The number of urea groups is 1. The van der Waals surface area contributed by atoms with Crippen LogP contribution >= 0.6 is 0 Å². The van der Waals surface area contributed by atoms with E-state index in [4.69, 9.17) is 0 Å². The molecule has 2 rings (SSSR count). The summed E-state index contributed by atoms with van der Waals surface area (Å²) in [7, 11) is 0. The van der Waals surface area contributed by atoms with Crippen LogP contribution in [0, 0.1) is 4.91 Å². The molecule has 0 aromatic heterocycles. The third-order valence-corrected chi connectivity index (χ3v) is 4.97. The first-order chi connectivity index (χ1) is 16.0. The van der Waals surface area contributed by atoms with Crippen molar-refractivity contribution in [1.82, 2.24) is 20.9 Å². The van der Waals surface area contributed by atoms with Gasteiger partial charge >= 0.3 is 6.03 Å². The lowest BCUT2D eigenvalue weighted by atomic mass is 10.1. The number of nitroso groups, excluding NO2 is 1. The van der Waals surface area contributed by atoms with Gasteiger partial charge in [-0.15, -0.1) is 4.91 Å². The van der Waals surface area contributed by atoms with Gasteiger partial charge in [0.2, 0.25) is 11.8 Å². The Morgan fingerprint density at radius 2 is 1.55 bits per heavy atom. The van der Waals surface area contributed by atoms with Crippen molar-refractivity contribution < 1.29 is 14.4 Å². The lowest BCUT2D eigenvalue weighted by molar-refractivity contribution is -0.128. The van der Waals surface area contributed by atoms with Crippen molar-refractivity contribution in [2.75, 3.05) is 13.2 Å². The maximum absolute atomic E-state index is 12.6. The second kappa shape index (κ2) is 14.3. The molecule has 0 aliphatic heterocycles. The van der Waals surface area contributed by atoms with Gasteiger partial charge in [-0.25, -0.2) is 4.79 Å². The first kappa shape index (κ1) is 25.5. The van der Waals surface area contributed by atoms with Crippen LogP contribution in [0.2, 0.25) is 0 Å². The van der Waals surface area contributed by atoms with E-state index in [9.17, 15) is 19.3 Å². The Morgan fingerprint density at radius 3 is 2.15 bits per heavy atom. The van der Waals surface area contributed by atoms with Crippen molar-refractivity contribution in [2.24, 2.45) is 5.18 Å². The van der Waals surface area contributed by atoms with E-state index in [1.807, 2.05) is 60.7 Å². The van der Waals surface area contributed by atoms with Gasteiger partial charge in [-0.2, -0.15) is 0 Å². The van der Waals surface area contributed by atoms with Gasteiger partial charge < -0.3 is 20.9 Å². The Bertz CT molecular complexity index is 892. The fraction of sp³-hybridized carbons (Fsp3) is 0.375. The molecule has 9 nitrogen and oxygen atoms in total. The molecule has 0 radical (unpaired) electrons. The van der Waals surface area contributed by atoms with Crippen LogP contribution in [-0.4, -0.2) is 42.0 Å². The molecule has 0 bridgehead atoms. The van der Waals surface area contributed by atoms with Crippen molar-refractivity contribution in [3.63, 3.8) is 0 Å². The first-order valence-electron chi connectivity index (χ1n) is 10.9. The molecule has 0 aliphatic carbocycles. The third-order valence-electron chi connectivity index (χ3n) is 4.97. The maximum atomic E-state index is 12.6. The second-order valence-corrected chi connectivity index (χ2v) is 7.63. The minimum Gasteiger partial charge on any atom is -0.350 e. The van der Waals surface area contributed by atoms with Crippen LogP contribution in [0.5, 0.6) is 0 Å². The topological polar surface area (TPSA) is 120 Å². The third kappa shape index (κ3) is 9.94. The van der Waals surface area contributed by atoms with Crippen molar-refractivity contribution in [3.05, 3.63) is 76.7 Å². The largest absolute Gasteiger partial charge is 0.350 e. The summed E-state index contributed by atoms with van der Waals surface area (Å²) in [5.74, 6) is -0.522. The number of carbonyl (C=O) groups excluding carboxylic acids is 3. The number of hydrogen-bond donors (Lipinski definition) is 3. The number of amides is 4. The van der Waals surface area contributed by atoms with Crippen LogP contribution in [0.4, 0.5) is 4.79 Å². The van der Waals surface area contributed by atoms with E-state index in [1.54, 1.807) is 4.90 Å². The predicted molar refractivity (Wildman–Crippen MR) is 126 cm³/mol. The zero-order valence-electron chi connectivity index (χ0n) is 18.8. The Kier molecular flexibility index (Phi) is 11.1. The van der Waals surface area contributed by atoms with Gasteiger partial charge in [0.05, 0.1) is 0 Å². The molecule has 0 spiro atoms. The van der Waals surface area contributed by atoms with Gasteiger partial charge in [0.1, 0.15) is 6.04 Å². The highest BCUT2D eigenvalue weighted by Crippen LogP contribution is 2.09. The summed E-state index contributed by atoms with van der Waals surface area (Å²) in [6.45, 7) is 2.28. The second-order valence-electron chi connectivity index (χ2n) is 7.63. The average molecular weight is 454 g/mol. The number of carbonyl (C=O) groups is 3. The Labute approximate surface area is 193 Å². The molecule has 0 fully saturated rings. The summed E-state index contributed by atoms with van der Waals surface area (Å²) in [6.07, 6.45) is 1.68. The number of unbranched alkanes of at least 4 members (excludes halogenated alkanes) is 1. The van der Waals surface area contributed by atoms with E-state index in [1.165, 1.54) is 6.92 Å².